The number of carbonyl (C=O) groups excluding carboxylic acids is 1. The van der Waals surface area contributed by atoms with Gasteiger partial charge in [-0.15, -0.1) is 0 Å². The van der Waals surface area contributed by atoms with Crippen molar-refractivity contribution in [2.24, 2.45) is 14.1 Å². The minimum Gasteiger partial charge on any atom is -0.337 e. The Hall–Kier alpha value is -2.58. The topological polar surface area (TPSA) is 82.1 Å². The third-order valence-corrected chi connectivity index (χ3v) is 5.33. The summed E-state index contributed by atoms with van der Waals surface area (Å²) >= 11 is 12.0. The number of halogens is 2. The van der Waals surface area contributed by atoms with Gasteiger partial charge in [-0.2, -0.15) is 0 Å². The summed E-state index contributed by atoms with van der Waals surface area (Å²) in [6.07, 6.45) is 1.46. The van der Waals surface area contributed by atoms with Gasteiger partial charge in [-0.1, -0.05) is 29.3 Å². The first-order chi connectivity index (χ1) is 13.2. The molecule has 28 heavy (non-hydrogen) atoms. The van der Waals surface area contributed by atoms with Crippen LogP contribution in [0.5, 0.6) is 0 Å². The molecule has 3 rings (SSSR count). The second-order valence-electron chi connectivity index (χ2n) is 6.42. The lowest BCUT2D eigenvalue weighted by Gasteiger charge is -2.21. The Bertz CT molecular complexity index is 1180. The van der Waals surface area contributed by atoms with E-state index in [0.29, 0.717) is 16.6 Å². The van der Waals surface area contributed by atoms with E-state index in [1.54, 1.807) is 30.1 Å². The van der Waals surface area contributed by atoms with E-state index in [4.69, 9.17) is 23.2 Å². The van der Waals surface area contributed by atoms with E-state index in [1.165, 1.54) is 22.5 Å². The van der Waals surface area contributed by atoms with E-state index in [9.17, 15) is 14.4 Å². The van der Waals surface area contributed by atoms with Crippen molar-refractivity contribution in [3.05, 3.63) is 61.0 Å². The fourth-order valence-electron chi connectivity index (χ4n) is 3.01. The van der Waals surface area contributed by atoms with Gasteiger partial charge < -0.3 is 9.47 Å². The maximum Gasteiger partial charge on any atom is 0.332 e. The average molecular weight is 424 g/mol. The summed E-state index contributed by atoms with van der Waals surface area (Å²) in [5.74, 6) is -0.353. The zero-order valence-electron chi connectivity index (χ0n) is 15.6. The standard InChI is InChI=1S/C18H19Cl2N5O3/c1-4-24(8-11-5-6-12(19)13(20)7-11)14(26)9-25-17(27)15-16(21-10-22(15)2)23(3)18(25)28/h5-7,10H,4,8-9H2,1-3H3. The number of likely N-dealkylation sites (N-methyl/N-ethyl adjacent to an activating group) is 1. The Morgan fingerprint density at radius 1 is 1.18 bits per heavy atom. The molecule has 0 saturated heterocycles. The number of aromatic nitrogens is 4. The minimum absolute atomic E-state index is 0.266. The summed E-state index contributed by atoms with van der Waals surface area (Å²) in [4.78, 5) is 43.8. The van der Waals surface area contributed by atoms with Crippen LogP contribution >= 0.6 is 23.2 Å². The van der Waals surface area contributed by atoms with Gasteiger partial charge in [-0.3, -0.25) is 14.2 Å². The van der Waals surface area contributed by atoms with Crippen molar-refractivity contribution >= 4 is 40.3 Å². The molecule has 0 bridgehead atoms. The van der Waals surface area contributed by atoms with Crippen molar-refractivity contribution in [1.29, 1.82) is 0 Å². The van der Waals surface area contributed by atoms with Gasteiger partial charge in [0.25, 0.3) is 5.56 Å². The molecular formula is C18H19Cl2N5O3. The first-order valence-electron chi connectivity index (χ1n) is 8.57. The molecule has 0 aliphatic heterocycles. The van der Waals surface area contributed by atoms with Gasteiger partial charge in [-0.05, 0) is 24.6 Å². The van der Waals surface area contributed by atoms with Crippen LogP contribution in [0.1, 0.15) is 12.5 Å². The maximum atomic E-state index is 12.8. The third-order valence-electron chi connectivity index (χ3n) is 4.59. The number of rotatable bonds is 5. The van der Waals surface area contributed by atoms with Crippen LogP contribution in [-0.2, 0) is 32.0 Å². The Labute approximate surface area is 170 Å². The smallest absolute Gasteiger partial charge is 0.332 e. The van der Waals surface area contributed by atoms with Gasteiger partial charge in [0.05, 0.1) is 16.4 Å². The summed E-state index contributed by atoms with van der Waals surface area (Å²) in [5, 5.41) is 0.828. The second-order valence-corrected chi connectivity index (χ2v) is 7.23. The summed E-state index contributed by atoms with van der Waals surface area (Å²) in [7, 11) is 3.18. The predicted octanol–water partition coefficient (Wildman–Crippen LogP) is 1.79. The number of amides is 1. The number of benzene rings is 1. The maximum absolute atomic E-state index is 12.8. The van der Waals surface area contributed by atoms with Crippen LogP contribution in [0.25, 0.3) is 11.2 Å². The fraction of sp³-hybridized carbons (Fsp3) is 0.333. The SMILES string of the molecule is CCN(Cc1ccc(Cl)c(Cl)c1)C(=O)Cn1c(=O)c2c(ncn2C)n(C)c1=O. The highest BCUT2D eigenvalue weighted by Gasteiger charge is 2.20. The van der Waals surface area contributed by atoms with Crippen molar-refractivity contribution in [1.82, 2.24) is 23.6 Å². The van der Waals surface area contributed by atoms with Crippen LogP contribution in [0.2, 0.25) is 10.0 Å². The van der Waals surface area contributed by atoms with Gasteiger partial charge >= 0.3 is 5.69 Å². The number of carbonyl (C=O) groups is 1. The molecule has 0 spiro atoms. The van der Waals surface area contributed by atoms with E-state index >= 15 is 0 Å². The quantitative estimate of drug-likeness (QED) is 0.626. The highest BCUT2D eigenvalue weighted by atomic mass is 35.5. The molecule has 0 unspecified atom stereocenters. The molecule has 8 nitrogen and oxygen atoms in total. The molecule has 0 aliphatic rings. The Kier molecular flexibility index (Phi) is 5.62. The van der Waals surface area contributed by atoms with E-state index in [-0.39, 0.29) is 30.2 Å². The lowest BCUT2D eigenvalue weighted by atomic mass is 10.2. The average Bonchev–Trinajstić information content (AvgIpc) is 3.06. The monoisotopic (exact) mass is 423 g/mol. The molecular weight excluding hydrogens is 405 g/mol. The fourth-order valence-corrected chi connectivity index (χ4v) is 3.33. The van der Waals surface area contributed by atoms with Crippen molar-refractivity contribution < 1.29 is 4.79 Å². The molecule has 0 N–H and O–H groups in total. The van der Waals surface area contributed by atoms with Crippen molar-refractivity contribution in [2.75, 3.05) is 6.54 Å². The first-order valence-corrected chi connectivity index (χ1v) is 9.32. The normalized spacial score (nSPS) is 11.2. The third kappa shape index (κ3) is 3.57. The zero-order valence-corrected chi connectivity index (χ0v) is 17.2. The highest BCUT2D eigenvalue weighted by Crippen LogP contribution is 2.23. The number of hydrogen-bond acceptors (Lipinski definition) is 4. The number of imidazole rings is 1. The molecule has 0 aliphatic carbocycles. The van der Waals surface area contributed by atoms with E-state index in [2.05, 4.69) is 4.98 Å². The van der Waals surface area contributed by atoms with Crippen molar-refractivity contribution in [3.8, 4) is 0 Å². The molecule has 0 fully saturated rings. The van der Waals surface area contributed by atoms with E-state index < -0.39 is 11.2 Å². The molecule has 2 heterocycles. The zero-order chi connectivity index (χ0) is 20.6. The molecule has 2 aromatic heterocycles. The van der Waals surface area contributed by atoms with Gasteiger partial charge in [0, 0.05) is 27.2 Å². The lowest BCUT2D eigenvalue weighted by Crippen LogP contribution is -2.44. The summed E-state index contributed by atoms with van der Waals surface area (Å²) in [6, 6.07) is 5.12. The van der Waals surface area contributed by atoms with Gasteiger partial charge in [0.1, 0.15) is 6.54 Å². The van der Waals surface area contributed by atoms with Gasteiger partial charge in [-0.25, -0.2) is 14.3 Å². The van der Waals surface area contributed by atoms with Crippen molar-refractivity contribution in [3.63, 3.8) is 0 Å². The molecule has 0 radical (unpaired) electrons. The number of aryl methyl sites for hydroxylation is 2. The molecule has 10 heteroatoms. The number of fused-ring (bicyclic) bond motifs is 1. The molecule has 0 saturated carbocycles. The van der Waals surface area contributed by atoms with E-state index in [1.807, 2.05) is 6.92 Å². The van der Waals surface area contributed by atoms with Crippen LogP contribution in [0.3, 0.4) is 0 Å². The number of nitrogens with zero attached hydrogens (tertiary/aromatic N) is 5. The number of hydrogen-bond donors (Lipinski definition) is 0. The van der Waals surface area contributed by atoms with Gasteiger partial charge in [0.15, 0.2) is 11.2 Å². The van der Waals surface area contributed by atoms with Crippen LogP contribution in [-0.4, -0.2) is 36.0 Å². The van der Waals surface area contributed by atoms with Crippen molar-refractivity contribution in [2.45, 2.75) is 20.0 Å². The Morgan fingerprint density at radius 2 is 1.89 bits per heavy atom. The molecule has 0 atom stereocenters. The predicted molar refractivity (Wildman–Crippen MR) is 108 cm³/mol. The van der Waals surface area contributed by atoms with Gasteiger partial charge in [0.2, 0.25) is 5.91 Å². The minimum atomic E-state index is -0.588. The van der Waals surface area contributed by atoms with Crippen LogP contribution < -0.4 is 11.2 Å². The molecule has 3 aromatic rings. The highest BCUT2D eigenvalue weighted by molar-refractivity contribution is 6.42. The van der Waals surface area contributed by atoms with Crippen LogP contribution in [0, 0.1) is 0 Å². The Morgan fingerprint density at radius 3 is 2.54 bits per heavy atom. The second kappa shape index (κ2) is 7.81. The first kappa shape index (κ1) is 20.2. The summed E-state index contributed by atoms with van der Waals surface area (Å²) in [5.41, 5.74) is 0.214. The van der Waals surface area contributed by atoms with Crippen LogP contribution in [0.15, 0.2) is 34.1 Å². The molecule has 1 aromatic carbocycles. The molecule has 148 valence electrons. The Balaban J connectivity index is 1.93. The summed E-state index contributed by atoms with van der Waals surface area (Å²) in [6.45, 7) is 2.15. The van der Waals surface area contributed by atoms with E-state index in [0.717, 1.165) is 10.1 Å². The molecule has 1 amide bonds. The van der Waals surface area contributed by atoms with Crippen LogP contribution in [0.4, 0.5) is 0 Å². The lowest BCUT2D eigenvalue weighted by molar-refractivity contribution is -0.132. The largest absolute Gasteiger partial charge is 0.337 e. The summed E-state index contributed by atoms with van der Waals surface area (Å²) < 4.78 is 3.73.